The Labute approximate surface area is 89.1 Å². The summed E-state index contributed by atoms with van der Waals surface area (Å²) in [6, 6.07) is 0. The lowest BCUT2D eigenvalue weighted by atomic mass is 10.2. The summed E-state index contributed by atoms with van der Waals surface area (Å²) in [5, 5.41) is 2.47. The topological polar surface area (TPSA) is 90.7 Å². The van der Waals surface area contributed by atoms with Crippen molar-refractivity contribution in [2.24, 2.45) is 5.73 Å². The third-order valence-electron chi connectivity index (χ3n) is 1.16. The number of hydrogen-bond donors (Lipinski definition) is 2. The SMILES string of the molecule is CC(C)(C)OC(=O)NCCOCC(N)=O. The Balaban J connectivity index is 3.44. The molecule has 0 aliphatic carbocycles. The van der Waals surface area contributed by atoms with Crippen molar-refractivity contribution < 1.29 is 19.1 Å². The molecule has 0 aromatic carbocycles. The van der Waals surface area contributed by atoms with Crippen molar-refractivity contribution in [3.05, 3.63) is 0 Å². The van der Waals surface area contributed by atoms with Crippen molar-refractivity contribution in [3.8, 4) is 0 Å². The zero-order valence-electron chi connectivity index (χ0n) is 9.33. The summed E-state index contributed by atoms with van der Waals surface area (Å²) in [5.41, 5.74) is 4.33. The summed E-state index contributed by atoms with van der Waals surface area (Å²) in [6.07, 6.45) is -0.509. The molecular formula is C9H18N2O4. The van der Waals surface area contributed by atoms with E-state index in [0.717, 1.165) is 0 Å². The molecule has 0 aromatic rings. The molecule has 0 aromatic heterocycles. The van der Waals surface area contributed by atoms with Crippen molar-refractivity contribution in [2.45, 2.75) is 26.4 Å². The number of ether oxygens (including phenoxy) is 2. The van der Waals surface area contributed by atoms with Crippen LogP contribution >= 0.6 is 0 Å². The summed E-state index contributed by atoms with van der Waals surface area (Å²) in [4.78, 5) is 21.3. The minimum absolute atomic E-state index is 0.143. The van der Waals surface area contributed by atoms with Gasteiger partial charge in [0.15, 0.2) is 0 Å². The molecule has 0 saturated carbocycles. The highest BCUT2D eigenvalue weighted by molar-refractivity contribution is 5.75. The van der Waals surface area contributed by atoms with Crippen molar-refractivity contribution in [1.82, 2.24) is 5.32 Å². The highest BCUT2D eigenvalue weighted by Crippen LogP contribution is 2.05. The Morgan fingerprint density at radius 1 is 1.33 bits per heavy atom. The van der Waals surface area contributed by atoms with Crippen molar-refractivity contribution in [2.75, 3.05) is 19.8 Å². The van der Waals surface area contributed by atoms with Crippen LogP contribution in [0.5, 0.6) is 0 Å². The predicted octanol–water partition coefficient (Wildman–Crippen LogP) is 0.0130. The minimum atomic E-state index is -0.535. The first-order valence-corrected chi connectivity index (χ1v) is 4.64. The van der Waals surface area contributed by atoms with Crippen LogP contribution in [-0.2, 0) is 14.3 Å². The fourth-order valence-electron chi connectivity index (χ4n) is 0.712. The summed E-state index contributed by atoms with van der Waals surface area (Å²) >= 11 is 0. The standard InChI is InChI=1S/C9H18N2O4/c1-9(2,3)15-8(13)11-4-5-14-6-7(10)12/h4-6H2,1-3H3,(H2,10,12)(H,11,13). The zero-order valence-corrected chi connectivity index (χ0v) is 9.33. The lowest BCUT2D eigenvalue weighted by Gasteiger charge is -2.19. The molecule has 15 heavy (non-hydrogen) atoms. The second-order valence-corrected chi connectivity index (χ2v) is 3.95. The molecule has 0 aliphatic rings. The monoisotopic (exact) mass is 218 g/mol. The van der Waals surface area contributed by atoms with E-state index in [4.69, 9.17) is 15.2 Å². The van der Waals surface area contributed by atoms with Crippen LogP contribution in [0.3, 0.4) is 0 Å². The van der Waals surface area contributed by atoms with E-state index in [1.807, 2.05) is 0 Å². The van der Waals surface area contributed by atoms with E-state index >= 15 is 0 Å². The normalized spacial score (nSPS) is 10.9. The number of hydrogen-bond acceptors (Lipinski definition) is 4. The molecule has 0 heterocycles. The van der Waals surface area contributed by atoms with Gasteiger partial charge in [0.2, 0.25) is 5.91 Å². The molecular weight excluding hydrogens is 200 g/mol. The van der Waals surface area contributed by atoms with Crippen LogP contribution < -0.4 is 11.1 Å². The number of nitrogens with two attached hydrogens (primary N) is 1. The summed E-state index contributed by atoms with van der Waals surface area (Å²) in [7, 11) is 0. The van der Waals surface area contributed by atoms with Gasteiger partial charge in [-0.25, -0.2) is 4.79 Å². The van der Waals surface area contributed by atoms with Crippen LogP contribution in [0.25, 0.3) is 0 Å². The predicted molar refractivity (Wildman–Crippen MR) is 54.3 cm³/mol. The summed E-state index contributed by atoms with van der Waals surface area (Å²) in [5.74, 6) is -0.535. The minimum Gasteiger partial charge on any atom is -0.444 e. The smallest absolute Gasteiger partial charge is 0.407 e. The molecule has 0 unspecified atom stereocenters. The maximum atomic E-state index is 11.1. The van der Waals surface area contributed by atoms with E-state index in [2.05, 4.69) is 5.32 Å². The van der Waals surface area contributed by atoms with Crippen LogP contribution in [0.1, 0.15) is 20.8 Å². The van der Waals surface area contributed by atoms with Gasteiger partial charge in [0, 0.05) is 6.54 Å². The van der Waals surface area contributed by atoms with Crippen LogP contribution in [0.2, 0.25) is 0 Å². The zero-order chi connectivity index (χ0) is 11.9. The Kier molecular flexibility index (Phi) is 5.69. The molecule has 0 atom stereocenters. The molecule has 2 amide bonds. The first-order chi connectivity index (χ1) is 6.81. The van der Waals surface area contributed by atoms with Gasteiger partial charge in [0.25, 0.3) is 0 Å². The lowest BCUT2D eigenvalue weighted by Crippen LogP contribution is -2.34. The number of amides is 2. The van der Waals surface area contributed by atoms with Gasteiger partial charge in [-0.3, -0.25) is 4.79 Å². The van der Waals surface area contributed by atoms with Crippen LogP contribution in [0.15, 0.2) is 0 Å². The molecule has 0 fully saturated rings. The molecule has 0 aliphatic heterocycles. The largest absolute Gasteiger partial charge is 0.444 e. The second-order valence-electron chi connectivity index (χ2n) is 3.95. The fourth-order valence-corrected chi connectivity index (χ4v) is 0.712. The van der Waals surface area contributed by atoms with Crippen LogP contribution in [0, 0.1) is 0 Å². The second kappa shape index (κ2) is 6.23. The molecule has 0 rings (SSSR count). The first kappa shape index (κ1) is 13.7. The van der Waals surface area contributed by atoms with E-state index in [1.165, 1.54) is 0 Å². The quantitative estimate of drug-likeness (QED) is 0.636. The maximum Gasteiger partial charge on any atom is 0.407 e. The Bertz CT molecular complexity index is 223. The number of alkyl carbamates (subject to hydrolysis) is 1. The third-order valence-corrected chi connectivity index (χ3v) is 1.16. The number of rotatable bonds is 5. The van der Waals surface area contributed by atoms with Gasteiger partial charge in [0.1, 0.15) is 12.2 Å². The average Bonchev–Trinajstić information content (AvgIpc) is 1.99. The average molecular weight is 218 g/mol. The van der Waals surface area contributed by atoms with E-state index < -0.39 is 17.6 Å². The van der Waals surface area contributed by atoms with Gasteiger partial charge >= 0.3 is 6.09 Å². The van der Waals surface area contributed by atoms with Gasteiger partial charge in [0.05, 0.1) is 6.61 Å². The van der Waals surface area contributed by atoms with Crippen LogP contribution in [0.4, 0.5) is 4.79 Å². The van der Waals surface area contributed by atoms with Crippen molar-refractivity contribution in [3.63, 3.8) is 0 Å². The first-order valence-electron chi connectivity index (χ1n) is 4.64. The molecule has 3 N–H and O–H groups in total. The third kappa shape index (κ3) is 10.6. The van der Waals surface area contributed by atoms with Crippen molar-refractivity contribution >= 4 is 12.0 Å². The van der Waals surface area contributed by atoms with E-state index in [0.29, 0.717) is 0 Å². The maximum absolute atomic E-state index is 11.1. The summed E-state index contributed by atoms with van der Waals surface area (Å²) in [6.45, 7) is 5.68. The number of primary amides is 1. The van der Waals surface area contributed by atoms with Gasteiger partial charge in [-0.2, -0.15) is 0 Å². The highest BCUT2D eigenvalue weighted by Gasteiger charge is 2.15. The molecule has 0 bridgehead atoms. The number of nitrogens with one attached hydrogen (secondary N) is 1. The van der Waals surface area contributed by atoms with E-state index in [1.54, 1.807) is 20.8 Å². The fraction of sp³-hybridized carbons (Fsp3) is 0.778. The van der Waals surface area contributed by atoms with Crippen molar-refractivity contribution in [1.29, 1.82) is 0 Å². The number of carbonyl (C=O) groups excluding carboxylic acids is 2. The highest BCUT2D eigenvalue weighted by atomic mass is 16.6. The molecule has 0 spiro atoms. The lowest BCUT2D eigenvalue weighted by molar-refractivity contribution is -0.122. The molecule has 88 valence electrons. The van der Waals surface area contributed by atoms with Gasteiger partial charge in [-0.15, -0.1) is 0 Å². The van der Waals surface area contributed by atoms with E-state index in [-0.39, 0.29) is 19.8 Å². The summed E-state index contributed by atoms with van der Waals surface area (Å²) < 4.78 is 9.80. The molecule has 0 saturated heterocycles. The number of carbonyl (C=O) groups is 2. The molecule has 0 radical (unpaired) electrons. The van der Waals surface area contributed by atoms with Gasteiger partial charge in [-0.1, -0.05) is 0 Å². The Morgan fingerprint density at radius 3 is 2.40 bits per heavy atom. The van der Waals surface area contributed by atoms with Crippen LogP contribution in [-0.4, -0.2) is 37.4 Å². The van der Waals surface area contributed by atoms with Gasteiger partial charge in [-0.05, 0) is 20.8 Å². The molecule has 6 nitrogen and oxygen atoms in total. The van der Waals surface area contributed by atoms with E-state index in [9.17, 15) is 9.59 Å². The molecule has 6 heteroatoms. The Hall–Kier alpha value is -1.30. The Morgan fingerprint density at radius 2 is 1.93 bits per heavy atom. The van der Waals surface area contributed by atoms with Gasteiger partial charge < -0.3 is 20.5 Å².